The number of amides is 2. The van der Waals surface area contributed by atoms with Crippen LogP contribution in [0.1, 0.15) is 79.2 Å². The average Bonchev–Trinajstić information content (AvgIpc) is 2.94. The minimum Gasteiger partial charge on any atom is -0.444 e. The van der Waals surface area contributed by atoms with Crippen molar-refractivity contribution in [1.82, 2.24) is 15.1 Å². The summed E-state index contributed by atoms with van der Waals surface area (Å²) in [5.74, 6) is 0. The van der Waals surface area contributed by atoms with Crippen molar-refractivity contribution in [1.29, 1.82) is 0 Å². The summed E-state index contributed by atoms with van der Waals surface area (Å²) in [5.41, 5.74) is 5.51. The lowest BCUT2D eigenvalue weighted by molar-refractivity contribution is 0.0200. The minimum absolute atomic E-state index is 0.292. The highest BCUT2D eigenvalue weighted by Gasteiger charge is 2.25. The first-order chi connectivity index (χ1) is 20.9. The molecule has 0 radical (unpaired) electrons. The molecule has 0 heterocycles. The molecule has 0 fully saturated rings. The fourth-order valence-electron chi connectivity index (χ4n) is 5.16. The van der Waals surface area contributed by atoms with E-state index in [-0.39, 0.29) is 12.2 Å². The lowest BCUT2D eigenvalue weighted by Crippen LogP contribution is -2.39. The Kier molecular flexibility index (Phi) is 13.3. The van der Waals surface area contributed by atoms with Crippen LogP contribution in [0.15, 0.2) is 54.6 Å². The summed E-state index contributed by atoms with van der Waals surface area (Å²) in [4.78, 5) is 30.2. The van der Waals surface area contributed by atoms with Crippen LogP contribution in [0.2, 0.25) is 0 Å². The van der Waals surface area contributed by atoms with Gasteiger partial charge in [0.15, 0.2) is 0 Å². The van der Waals surface area contributed by atoms with E-state index in [4.69, 9.17) is 15.2 Å². The third-order valence-electron chi connectivity index (χ3n) is 7.23. The van der Waals surface area contributed by atoms with Gasteiger partial charge in [-0.25, -0.2) is 9.59 Å². The first-order valence-corrected chi connectivity index (χ1v) is 16.1. The van der Waals surface area contributed by atoms with Crippen LogP contribution in [0.3, 0.4) is 0 Å². The van der Waals surface area contributed by atoms with Gasteiger partial charge in [-0.15, -0.1) is 0 Å². The molecule has 8 heteroatoms. The molecule has 2 amide bonds. The molecule has 0 aromatic heterocycles. The number of unbranched alkanes of at least 4 members (excludes halogenated alkanes) is 2. The summed E-state index contributed by atoms with van der Waals surface area (Å²) in [5, 5.41) is 7.95. The summed E-state index contributed by atoms with van der Waals surface area (Å²) >= 11 is 0. The first kappa shape index (κ1) is 35.1. The maximum absolute atomic E-state index is 13.5. The molecular weight excluding hydrogens is 552 g/mol. The SMILES string of the molecule is CC(C)(C)OC(=O)N(CCCCNCCCN)CCCCN(Cc1c2ccccc2cc2ccccc12)C(=O)OC(C)(C)C. The number of hydrogen-bond donors (Lipinski definition) is 2. The third kappa shape index (κ3) is 11.6. The van der Waals surface area contributed by atoms with Crippen molar-refractivity contribution < 1.29 is 19.1 Å². The van der Waals surface area contributed by atoms with E-state index in [1.165, 1.54) is 0 Å². The van der Waals surface area contributed by atoms with Crippen LogP contribution in [0.25, 0.3) is 21.5 Å². The molecule has 0 bridgehead atoms. The van der Waals surface area contributed by atoms with Crippen molar-refractivity contribution in [2.75, 3.05) is 39.3 Å². The van der Waals surface area contributed by atoms with Gasteiger partial charge in [0.1, 0.15) is 11.2 Å². The molecule has 3 N–H and O–H groups in total. The third-order valence-corrected chi connectivity index (χ3v) is 7.23. The lowest BCUT2D eigenvalue weighted by Gasteiger charge is -2.29. The number of benzene rings is 3. The van der Waals surface area contributed by atoms with Gasteiger partial charge in [-0.05, 0) is 126 Å². The average molecular weight is 607 g/mol. The summed E-state index contributed by atoms with van der Waals surface area (Å²) in [6, 6.07) is 18.8. The molecule has 0 aliphatic carbocycles. The highest BCUT2D eigenvalue weighted by atomic mass is 16.6. The van der Waals surface area contributed by atoms with E-state index in [0.717, 1.165) is 72.3 Å². The van der Waals surface area contributed by atoms with E-state index in [2.05, 4.69) is 35.6 Å². The zero-order chi connectivity index (χ0) is 32.2. The van der Waals surface area contributed by atoms with Gasteiger partial charge >= 0.3 is 12.2 Å². The number of nitrogens with one attached hydrogen (secondary N) is 1. The van der Waals surface area contributed by atoms with Crippen molar-refractivity contribution in [3.63, 3.8) is 0 Å². The van der Waals surface area contributed by atoms with Crippen LogP contribution in [0.5, 0.6) is 0 Å². The maximum atomic E-state index is 13.5. The van der Waals surface area contributed by atoms with Crippen LogP contribution in [0.4, 0.5) is 9.59 Å². The molecular formula is C36H54N4O4. The van der Waals surface area contributed by atoms with Gasteiger partial charge in [0.05, 0.1) is 6.54 Å². The largest absolute Gasteiger partial charge is 0.444 e. The quantitative estimate of drug-likeness (QED) is 0.138. The summed E-state index contributed by atoms with van der Waals surface area (Å²) in [6.45, 7) is 16.0. The molecule has 3 aromatic rings. The van der Waals surface area contributed by atoms with Crippen molar-refractivity contribution in [2.45, 2.75) is 91.4 Å². The second kappa shape index (κ2) is 16.6. The second-order valence-electron chi connectivity index (χ2n) is 13.5. The molecule has 3 rings (SSSR count). The number of carbonyl (C=O) groups excluding carboxylic acids is 2. The predicted molar refractivity (Wildman–Crippen MR) is 181 cm³/mol. The van der Waals surface area contributed by atoms with Gasteiger partial charge in [0, 0.05) is 19.6 Å². The Labute approximate surface area is 264 Å². The summed E-state index contributed by atoms with van der Waals surface area (Å²) < 4.78 is 11.6. The van der Waals surface area contributed by atoms with E-state index in [9.17, 15) is 9.59 Å². The Bertz CT molecular complexity index is 1290. The number of fused-ring (bicyclic) bond motifs is 2. The van der Waals surface area contributed by atoms with E-state index in [1.807, 2.05) is 70.7 Å². The Morgan fingerprint density at radius 3 is 1.66 bits per heavy atom. The molecule has 0 unspecified atom stereocenters. The summed E-state index contributed by atoms with van der Waals surface area (Å²) in [6.07, 6.45) is 3.65. The monoisotopic (exact) mass is 606 g/mol. The summed E-state index contributed by atoms with van der Waals surface area (Å²) in [7, 11) is 0. The number of hydrogen-bond acceptors (Lipinski definition) is 6. The van der Waals surface area contributed by atoms with Crippen LogP contribution < -0.4 is 11.1 Å². The molecule has 0 aliphatic rings. The molecule has 0 atom stereocenters. The molecule has 8 nitrogen and oxygen atoms in total. The van der Waals surface area contributed by atoms with Crippen molar-refractivity contribution in [3.8, 4) is 0 Å². The highest BCUT2D eigenvalue weighted by molar-refractivity contribution is 6.02. The van der Waals surface area contributed by atoms with Crippen LogP contribution in [-0.4, -0.2) is 72.5 Å². The zero-order valence-electron chi connectivity index (χ0n) is 27.8. The van der Waals surface area contributed by atoms with Gasteiger partial charge in [-0.1, -0.05) is 48.5 Å². The Balaban J connectivity index is 1.71. The number of nitrogens with two attached hydrogens (primary N) is 1. The predicted octanol–water partition coefficient (Wildman–Crippen LogP) is 7.47. The highest BCUT2D eigenvalue weighted by Crippen LogP contribution is 2.30. The van der Waals surface area contributed by atoms with Gasteiger partial charge in [-0.2, -0.15) is 0 Å². The van der Waals surface area contributed by atoms with Gasteiger partial charge in [0.25, 0.3) is 0 Å². The number of rotatable bonds is 15. The Morgan fingerprint density at radius 2 is 1.14 bits per heavy atom. The van der Waals surface area contributed by atoms with Crippen LogP contribution in [0, 0.1) is 0 Å². The molecule has 0 saturated carbocycles. The van der Waals surface area contributed by atoms with Crippen molar-refractivity contribution in [3.05, 3.63) is 60.2 Å². The standard InChI is InChI=1S/C36H54N4O4/c1-35(2,3)43-33(41)39(23-12-11-21-38-22-15-20-37)24-13-14-25-40(34(42)44-36(4,5)6)27-32-30-18-9-7-16-28(30)26-29-17-8-10-19-31(29)32/h7-10,16-19,26,38H,11-15,20-25,27,37H2,1-6H3. The number of ether oxygens (including phenoxy) is 2. The van der Waals surface area contributed by atoms with Crippen molar-refractivity contribution >= 4 is 33.7 Å². The fraction of sp³-hybridized carbons (Fsp3) is 0.556. The Morgan fingerprint density at radius 1 is 0.682 bits per heavy atom. The molecule has 0 aliphatic heterocycles. The second-order valence-corrected chi connectivity index (χ2v) is 13.5. The fourth-order valence-corrected chi connectivity index (χ4v) is 5.16. The Hall–Kier alpha value is -3.36. The molecule has 44 heavy (non-hydrogen) atoms. The number of carbonyl (C=O) groups is 2. The molecule has 3 aromatic carbocycles. The van der Waals surface area contributed by atoms with E-state index < -0.39 is 11.2 Å². The smallest absolute Gasteiger partial charge is 0.410 e. The number of nitrogens with zero attached hydrogens (tertiary/aromatic N) is 2. The van der Waals surface area contributed by atoms with Crippen LogP contribution >= 0.6 is 0 Å². The lowest BCUT2D eigenvalue weighted by atomic mass is 9.96. The molecule has 0 spiro atoms. The van der Waals surface area contributed by atoms with Crippen LogP contribution in [-0.2, 0) is 16.0 Å². The van der Waals surface area contributed by atoms with Crippen molar-refractivity contribution in [2.24, 2.45) is 5.73 Å². The zero-order valence-corrected chi connectivity index (χ0v) is 27.8. The van der Waals surface area contributed by atoms with E-state index in [1.54, 1.807) is 4.90 Å². The molecule has 242 valence electrons. The maximum Gasteiger partial charge on any atom is 0.410 e. The molecule has 0 saturated heterocycles. The van der Waals surface area contributed by atoms with Gasteiger partial charge < -0.3 is 30.3 Å². The minimum atomic E-state index is -0.608. The van der Waals surface area contributed by atoms with E-state index in [0.29, 0.717) is 32.7 Å². The normalized spacial score (nSPS) is 12.0. The van der Waals surface area contributed by atoms with E-state index >= 15 is 0 Å². The van der Waals surface area contributed by atoms with Gasteiger partial charge in [-0.3, -0.25) is 0 Å². The topological polar surface area (TPSA) is 97.1 Å². The first-order valence-electron chi connectivity index (χ1n) is 16.1. The van der Waals surface area contributed by atoms with Gasteiger partial charge in [0.2, 0.25) is 0 Å².